The van der Waals surface area contributed by atoms with Crippen LogP contribution < -0.4 is 9.62 Å². The number of amides is 1. The molecule has 162 valence electrons. The first-order valence-electron chi connectivity index (χ1n) is 10.2. The van der Waals surface area contributed by atoms with Crippen molar-refractivity contribution in [2.24, 2.45) is 0 Å². The van der Waals surface area contributed by atoms with E-state index < -0.39 is 10.0 Å². The van der Waals surface area contributed by atoms with Gasteiger partial charge >= 0.3 is 0 Å². The lowest BCUT2D eigenvalue weighted by molar-refractivity contribution is 0.0981. The Bertz CT molecular complexity index is 1420. The Labute approximate surface area is 190 Å². The Hall–Kier alpha value is -3.14. The summed E-state index contributed by atoms with van der Waals surface area (Å²) < 4.78 is 36.7. The van der Waals surface area contributed by atoms with Crippen LogP contribution in [0.5, 0.6) is 0 Å². The normalized spacial score (nSPS) is 15.8. The van der Waals surface area contributed by atoms with Crippen molar-refractivity contribution in [3.63, 3.8) is 0 Å². The maximum absolute atomic E-state index is 13.1. The SMILES string of the molecule is C[C@@H]1Cc2ccc(CNS(=O)(=O)c3cccc4nsnc34)cc2N1C(=O)c1ccccc1. The average Bonchev–Trinajstić information content (AvgIpc) is 3.41. The quantitative estimate of drug-likeness (QED) is 0.486. The van der Waals surface area contributed by atoms with Crippen molar-refractivity contribution >= 4 is 44.4 Å². The molecule has 1 aromatic heterocycles. The molecule has 1 aliphatic rings. The topological polar surface area (TPSA) is 92.3 Å². The third kappa shape index (κ3) is 3.68. The van der Waals surface area contributed by atoms with Crippen molar-refractivity contribution < 1.29 is 13.2 Å². The number of hydrogen-bond donors (Lipinski definition) is 1. The summed E-state index contributed by atoms with van der Waals surface area (Å²) in [5, 5.41) is 0. The van der Waals surface area contributed by atoms with Gasteiger partial charge in [0.25, 0.3) is 5.91 Å². The molecule has 1 atom stereocenters. The zero-order chi connectivity index (χ0) is 22.3. The van der Waals surface area contributed by atoms with Gasteiger partial charge in [-0.3, -0.25) is 4.79 Å². The highest BCUT2D eigenvalue weighted by Crippen LogP contribution is 2.34. The molecule has 5 rings (SSSR count). The van der Waals surface area contributed by atoms with Crippen LogP contribution in [-0.4, -0.2) is 29.1 Å². The standard InChI is InChI=1S/C23H20N4O3S2/c1-15-12-18-11-10-16(13-20(18)27(15)23(28)17-6-3-2-4-7-17)14-24-32(29,30)21-9-5-8-19-22(21)26-31-25-19/h2-11,13,15,24H,12,14H2,1H3/t15-/m1/s1. The number of nitrogens with one attached hydrogen (secondary N) is 1. The van der Waals surface area contributed by atoms with Crippen molar-refractivity contribution in [1.29, 1.82) is 0 Å². The molecule has 0 saturated carbocycles. The fourth-order valence-corrected chi connectivity index (χ4v) is 5.83. The Balaban J connectivity index is 1.40. The molecule has 3 aromatic carbocycles. The minimum atomic E-state index is -3.78. The molecule has 1 amide bonds. The van der Waals surface area contributed by atoms with Crippen LogP contribution in [0.25, 0.3) is 11.0 Å². The van der Waals surface area contributed by atoms with Crippen LogP contribution in [-0.2, 0) is 23.0 Å². The number of hydrogen-bond acceptors (Lipinski definition) is 6. The van der Waals surface area contributed by atoms with E-state index in [1.807, 2.05) is 43.3 Å². The summed E-state index contributed by atoms with van der Waals surface area (Å²) in [5.41, 5.74) is 4.23. The van der Waals surface area contributed by atoms with Gasteiger partial charge < -0.3 is 4.90 Å². The number of carbonyl (C=O) groups is 1. The number of benzene rings is 3. The van der Waals surface area contributed by atoms with Crippen LogP contribution in [0.3, 0.4) is 0 Å². The van der Waals surface area contributed by atoms with Gasteiger partial charge in [0.2, 0.25) is 10.0 Å². The van der Waals surface area contributed by atoms with E-state index in [2.05, 4.69) is 13.5 Å². The minimum absolute atomic E-state index is 0.0272. The largest absolute Gasteiger partial charge is 0.305 e. The molecule has 32 heavy (non-hydrogen) atoms. The fraction of sp³-hybridized carbons (Fsp3) is 0.174. The van der Waals surface area contributed by atoms with Crippen LogP contribution >= 0.6 is 11.7 Å². The van der Waals surface area contributed by atoms with Crippen molar-refractivity contribution in [3.05, 3.63) is 83.4 Å². The maximum Gasteiger partial charge on any atom is 0.258 e. The first-order valence-corrected chi connectivity index (χ1v) is 12.4. The molecule has 0 unspecified atom stereocenters. The Kier molecular flexibility index (Phi) is 5.24. The van der Waals surface area contributed by atoms with E-state index in [9.17, 15) is 13.2 Å². The van der Waals surface area contributed by atoms with Gasteiger partial charge in [-0.1, -0.05) is 36.4 Å². The highest BCUT2D eigenvalue weighted by molar-refractivity contribution is 7.89. The number of sulfonamides is 1. The Morgan fingerprint density at radius 1 is 1.09 bits per heavy atom. The molecule has 0 bridgehead atoms. The molecule has 0 radical (unpaired) electrons. The van der Waals surface area contributed by atoms with E-state index in [-0.39, 0.29) is 23.4 Å². The molecule has 1 aliphatic heterocycles. The highest BCUT2D eigenvalue weighted by Gasteiger charge is 2.31. The van der Waals surface area contributed by atoms with Gasteiger partial charge in [0.05, 0.1) is 11.7 Å². The molecule has 0 aliphatic carbocycles. The van der Waals surface area contributed by atoms with Gasteiger partial charge in [-0.15, -0.1) is 0 Å². The van der Waals surface area contributed by atoms with E-state index in [1.165, 1.54) is 6.07 Å². The molecule has 0 fully saturated rings. The summed E-state index contributed by atoms with van der Waals surface area (Å²) in [4.78, 5) is 15.0. The van der Waals surface area contributed by atoms with E-state index in [4.69, 9.17) is 0 Å². The minimum Gasteiger partial charge on any atom is -0.305 e. The van der Waals surface area contributed by atoms with Crippen molar-refractivity contribution in [2.45, 2.75) is 30.8 Å². The molecule has 7 nitrogen and oxygen atoms in total. The molecular formula is C23H20N4O3S2. The molecular weight excluding hydrogens is 444 g/mol. The van der Waals surface area contributed by atoms with Gasteiger partial charge in [-0.25, -0.2) is 13.1 Å². The highest BCUT2D eigenvalue weighted by atomic mass is 32.2. The number of aromatic nitrogens is 2. The van der Waals surface area contributed by atoms with E-state index in [0.29, 0.717) is 16.6 Å². The van der Waals surface area contributed by atoms with Crippen molar-refractivity contribution in [3.8, 4) is 0 Å². The van der Waals surface area contributed by atoms with Crippen molar-refractivity contribution in [2.75, 3.05) is 4.90 Å². The van der Waals surface area contributed by atoms with Crippen LogP contribution in [0.2, 0.25) is 0 Å². The first kappa shape index (κ1) is 20.7. The lowest BCUT2D eigenvalue weighted by Gasteiger charge is -2.23. The monoisotopic (exact) mass is 464 g/mol. The van der Waals surface area contributed by atoms with Gasteiger partial charge in [-0.05, 0) is 54.8 Å². The number of rotatable bonds is 5. The summed E-state index contributed by atoms with van der Waals surface area (Å²) in [6.07, 6.45) is 0.763. The van der Waals surface area contributed by atoms with Gasteiger partial charge in [0.15, 0.2) is 0 Å². The van der Waals surface area contributed by atoms with Crippen LogP contribution in [0.15, 0.2) is 71.6 Å². The predicted octanol–water partition coefficient (Wildman–Crippen LogP) is 3.76. The van der Waals surface area contributed by atoms with Crippen LogP contribution in [0.4, 0.5) is 5.69 Å². The molecule has 1 N–H and O–H groups in total. The Morgan fingerprint density at radius 2 is 1.91 bits per heavy atom. The third-order valence-electron chi connectivity index (χ3n) is 5.61. The Morgan fingerprint density at radius 3 is 2.72 bits per heavy atom. The maximum atomic E-state index is 13.1. The lowest BCUT2D eigenvalue weighted by atomic mass is 10.1. The summed E-state index contributed by atoms with van der Waals surface area (Å²) >= 11 is 0.983. The zero-order valence-electron chi connectivity index (χ0n) is 17.2. The smallest absolute Gasteiger partial charge is 0.258 e. The predicted molar refractivity (Wildman–Crippen MR) is 124 cm³/mol. The van der Waals surface area contributed by atoms with Gasteiger partial charge in [-0.2, -0.15) is 8.75 Å². The van der Waals surface area contributed by atoms with Gasteiger partial charge in [0.1, 0.15) is 15.9 Å². The second kappa shape index (κ2) is 8.09. The second-order valence-corrected chi connectivity index (χ2v) is 10.0. The average molecular weight is 465 g/mol. The van der Waals surface area contributed by atoms with Gasteiger partial charge in [0, 0.05) is 23.8 Å². The van der Waals surface area contributed by atoms with E-state index in [0.717, 1.165) is 35.0 Å². The number of fused-ring (bicyclic) bond motifs is 2. The number of nitrogens with zero attached hydrogens (tertiary/aromatic N) is 3. The van der Waals surface area contributed by atoms with Crippen LogP contribution in [0.1, 0.15) is 28.4 Å². The van der Waals surface area contributed by atoms with E-state index in [1.54, 1.807) is 29.2 Å². The van der Waals surface area contributed by atoms with Crippen LogP contribution in [0, 0.1) is 0 Å². The summed E-state index contributed by atoms with van der Waals surface area (Å²) in [7, 11) is -3.78. The first-order chi connectivity index (χ1) is 15.4. The molecule has 0 spiro atoms. The lowest BCUT2D eigenvalue weighted by Crippen LogP contribution is -2.35. The molecule has 9 heteroatoms. The zero-order valence-corrected chi connectivity index (χ0v) is 18.9. The summed E-state index contributed by atoms with van der Waals surface area (Å²) in [5.74, 6) is -0.0581. The number of anilines is 1. The van der Waals surface area contributed by atoms with Crippen molar-refractivity contribution in [1.82, 2.24) is 13.5 Å². The fourth-order valence-electron chi connectivity index (χ4n) is 4.05. The summed E-state index contributed by atoms with van der Waals surface area (Å²) in [6.45, 7) is 2.12. The van der Waals surface area contributed by atoms with E-state index >= 15 is 0 Å². The number of carbonyl (C=O) groups excluding carboxylic acids is 1. The summed E-state index contributed by atoms with van der Waals surface area (Å²) in [6, 6.07) is 19.9. The molecule has 0 saturated heterocycles. The molecule has 2 heterocycles. The third-order valence-corrected chi connectivity index (χ3v) is 7.59. The molecule has 4 aromatic rings. The second-order valence-electron chi connectivity index (χ2n) is 7.77.